The number of nitrogens with two attached hydrogens (primary N) is 1. The average Bonchev–Trinajstić information content (AvgIpc) is 2.16. The molecule has 0 spiro atoms. The molecule has 78 valence electrons. The van der Waals surface area contributed by atoms with Crippen LogP contribution in [-0.2, 0) is 4.74 Å². The second-order valence-corrected chi connectivity index (χ2v) is 3.22. The third kappa shape index (κ3) is 2.44. The summed E-state index contributed by atoms with van der Waals surface area (Å²) >= 11 is 5.86. The van der Waals surface area contributed by atoms with Gasteiger partial charge in [0.25, 0.3) is 0 Å². The number of halogens is 2. The number of rotatable bonds is 4. The van der Waals surface area contributed by atoms with Crippen LogP contribution in [0.25, 0.3) is 0 Å². The van der Waals surface area contributed by atoms with Gasteiger partial charge in [0.15, 0.2) is 0 Å². The predicted octanol–water partition coefficient (Wildman–Crippen LogP) is 2.52. The first-order valence-electron chi connectivity index (χ1n) is 4.46. The van der Waals surface area contributed by atoms with Crippen molar-refractivity contribution in [2.45, 2.75) is 13.0 Å². The van der Waals surface area contributed by atoms with Crippen LogP contribution in [0.3, 0.4) is 0 Å². The van der Waals surface area contributed by atoms with Gasteiger partial charge < -0.3 is 10.5 Å². The van der Waals surface area contributed by atoms with Gasteiger partial charge in [-0.1, -0.05) is 17.7 Å². The smallest absolute Gasteiger partial charge is 0.130 e. The Bertz CT molecular complexity index is 286. The summed E-state index contributed by atoms with van der Waals surface area (Å²) in [7, 11) is 0. The quantitative estimate of drug-likeness (QED) is 0.841. The third-order valence-corrected chi connectivity index (χ3v) is 2.23. The molecule has 0 aromatic heterocycles. The van der Waals surface area contributed by atoms with Gasteiger partial charge in [0, 0.05) is 23.7 Å². The molecule has 1 unspecified atom stereocenters. The number of benzene rings is 1. The van der Waals surface area contributed by atoms with Crippen molar-refractivity contribution in [3.63, 3.8) is 0 Å². The largest absolute Gasteiger partial charge is 0.372 e. The summed E-state index contributed by atoms with van der Waals surface area (Å²) in [5, 5.41) is 0.355. The summed E-state index contributed by atoms with van der Waals surface area (Å²) in [6.07, 6.45) is -0.464. The molecule has 14 heavy (non-hydrogen) atoms. The maximum absolute atomic E-state index is 13.4. The molecule has 4 heteroatoms. The molecule has 0 aliphatic heterocycles. The molecule has 2 nitrogen and oxygen atoms in total. The summed E-state index contributed by atoms with van der Waals surface area (Å²) in [6.45, 7) is 2.53. The summed E-state index contributed by atoms with van der Waals surface area (Å²) in [5.41, 5.74) is 5.82. The average molecular weight is 218 g/mol. The van der Waals surface area contributed by atoms with Crippen molar-refractivity contribution in [3.8, 4) is 0 Å². The summed E-state index contributed by atoms with van der Waals surface area (Å²) in [6, 6.07) is 4.53. The van der Waals surface area contributed by atoms with Gasteiger partial charge in [-0.3, -0.25) is 0 Å². The SMILES string of the molecule is CCOC(CN)c1c(F)cccc1Cl. The molecule has 0 fully saturated rings. The molecule has 1 atom stereocenters. The van der Waals surface area contributed by atoms with E-state index in [1.165, 1.54) is 6.07 Å². The highest BCUT2D eigenvalue weighted by Crippen LogP contribution is 2.27. The minimum atomic E-state index is -0.464. The lowest BCUT2D eigenvalue weighted by Crippen LogP contribution is -2.17. The molecule has 2 N–H and O–H groups in total. The maximum atomic E-state index is 13.4. The molecule has 0 saturated heterocycles. The van der Waals surface area contributed by atoms with Gasteiger partial charge in [0.05, 0.1) is 6.10 Å². The number of hydrogen-bond acceptors (Lipinski definition) is 2. The molecule has 0 amide bonds. The first-order chi connectivity index (χ1) is 6.70. The zero-order chi connectivity index (χ0) is 10.6. The van der Waals surface area contributed by atoms with Crippen molar-refractivity contribution in [2.75, 3.05) is 13.2 Å². The van der Waals surface area contributed by atoms with Gasteiger partial charge in [-0.2, -0.15) is 0 Å². The highest BCUT2D eigenvalue weighted by Gasteiger charge is 2.17. The lowest BCUT2D eigenvalue weighted by Gasteiger charge is -2.17. The lowest BCUT2D eigenvalue weighted by atomic mass is 10.1. The standard InChI is InChI=1S/C10H13ClFNO/c1-2-14-9(6-13)10-7(11)4-3-5-8(10)12/h3-5,9H,2,6,13H2,1H3. The number of hydrogen-bond donors (Lipinski definition) is 1. The van der Waals surface area contributed by atoms with E-state index in [-0.39, 0.29) is 12.4 Å². The van der Waals surface area contributed by atoms with Gasteiger partial charge in [0.1, 0.15) is 5.82 Å². The minimum Gasteiger partial charge on any atom is -0.372 e. The minimum absolute atomic E-state index is 0.217. The highest BCUT2D eigenvalue weighted by atomic mass is 35.5. The van der Waals surface area contributed by atoms with Crippen LogP contribution >= 0.6 is 11.6 Å². The molecule has 0 aliphatic carbocycles. The molecule has 0 heterocycles. The molecule has 0 aliphatic rings. The van der Waals surface area contributed by atoms with E-state index < -0.39 is 6.10 Å². The van der Waals surface area contributed by atoms with E-state index in [1.807, 2.05) is 6.92 Å². The molecule has 0 saturated carbocycles. The Hall–Kier alpha value is -0.640. The topological polar surface area (TPSA) is 35.2 Å². The third-order valence-electron chi connectivity index (χ3n) is 1.90. The Morgan fingerprint density at radius 2 is 2.29 bits per heavy atom. The summed E-state index contributed by atoms with van der Waals surface area (Å²) in [4.78, 5) is 0. The van der Waals surface area contributed by atoms with Crippen LogP contribution in [0.2, 0.25) is 5.02 Å². The van der Waals surface area contributed by atoms with Crippen molar-refractivity contribution in [2.24, 2.45) is 5.73 Å². The summed E-state index contributed by atoms with van der Waals surface area (Å²) in [5.74, 6) is -0.374. The molecular weight excluding hydrogens is 205 g/mol. The van der Waals surface area contributed by atoms with Crippen molar-refractivity contribution >= 4 is 11.6 Å². The van der Waals surface area contributed by atoms with Crippen LogP contribution in [0.5, 0.6) is 0 Å². The Morgan fingerprint density at radius 3 is 2.79 bits per heavy atom. The zero-order valence-corrected chi connectivity index (χ0v) is 8.72. The van der Waals surface area contributed by atoms with Crippen LogP contribution < -0.4 is 5.73 Å². The fraction of sp³-hybridized carbons (Fsp3) is 0.400. The van der Waals surface area contributed by atoms with E-state index in [9.17, 15) is 4.39 Å². The van der Waals surface area contributed by atoms with Crippen molar-refractivity contribution in [1.29, 1.82) is 0 Å². The second-order valence-electron chi connectivity index (χ2n) is 2.82. The van der Waals surface area contributed by atoms with Gasteiger partial charge in [-0.25, -0.2) is 4.39 Å². The molecule has 0 bridgehead atoms. The van der Waals surface area contributed by atoms with Gasteiger partial charge >= 0.3 is 0 Å². The van der Waals surface area contributed by atoms with E-state index in [0.29, 0.717) is 17.2 Å². The highest BCUT2D eigenvalue weighted by molar-refractivity contribution is 6.31. The molecular formula is C10H13ClFNO. The lowest BCUT2D eigenvalue weighted by molar-refractivity contribution is 0.0663. The van der Waals surface area contributed by atoms with Gasteiger partial charge in [0.2, 0.25) is 0 Å². The van der Waals surface area contributed by atoms with Gasteiger partial charge in [-0.15, -0.1) is 0 Å². The van der Waals surface area contributed by atoms with Crippen molar-refractivity contribution in [3.05, 3.63) is 34.6 Å². The first-order valence-corrected chi connectivity index (χ1v) is 4.84. The second kappa shape index (κ2) is 5.29. The molecule has 1 aromatic rings. The first kappa shape index (κ1) is 11.4. The number of ether oxygens (including phenoxy) is 1. The molecule has 0 radical (unpaired) electrons. The van der Waals surface area contributed by atoms with Crippen LogP contribution in [0.1, 0.15) is 18.6 Å². The fourth-order valence-corrected chi connectivity index (χ4v) is 1.57. The van der Waals surface area contributed by atoms with Crippen molar-refractivity contribution < 1.29 is 9.13 Å². The van der Waals surface area contributed by atoms with E-state index in [2.05, 4.69) is 0 Å². The van der Waals surface area contributed by atoms with Crippen LogP contribution in [0.4, 0.5) is 4.39 Å². The normalized spacial score (nSPS) is 12.9. The Balaban J connectivity index is 3.02. The molecule has 1 rings (SSSR count). The zero-order valence-electron chi connectivity index (χ0n) is 7.97. The Labute approximate surface area is 87.8 Å². The maximum Gasteiger partial charge on any atom is 0.130 e. The van der Waals surface area contributed by atoms with E-state index >= 15 is 0 Å². The molecule has 1 aromatic carbocycles. The Morgan fingerprint density at radius 1 is 1.57 bits per heavy atom. The monoisotopic (exact) mass is 217 g/mol. The summed E-state index contributed by atoms with van der Waals surface area (Å²) < 4.78 is 18.7. The van der Waals surface area contributed by atoms with E-state index in [4.69, 9.17) is 22.1 Å². The fourth-order valence-electron chi connectivity index (χ4n) is 1.29. The van der Waals surface area contributed by atoms with E-state index in [1.54, 1.807) is 12.1 Å². The van der Waals surface area contributed by atoms with Crippen molar-refractivity contribution in [1.82, 2.24) is 0 Å². The van der Waals surface area contributed by atoms with Crippen LogP contribution in [0, 0.1) is 5.82 Å². The Kier molecular flexibility index (Phi) is 4.32. The predicted molar refractivity (Wildman–Crippen MR) is 54.8 cm³/mol. The van der Waals surface area contributed by atoms with Gasteiger partial charge in [-0.05, 0) is 19.1 Å². The van der Waals surface area contributed by atoms with E-state index in [0.717, 1.165) is 0 Å². The van der Waals surface area contributed by atoms with Crippen LogP contribution in [-0.4, -0.2) is 13.2 Å². The van der Waals surface area contributed by atoms with Crippen LogP contribution in [0.15, 0.2) is 18.2 Å².